The predicted octanol–water partition coefficient (Wildman–Crippen LogP) is 2.47. The van der Waals surface area contributed by atoms with Gasteiger partial charge in [-0.05, 0) is 24.6 Å². The number of ether oxygens (including phenoxy) is 1. The number of carbonyl (C=O) groups is 1. The SMILES string of the molecule is CCOc1ccc(-c2cnn(C)c2)cc1N(C)C(C)=O. The third kappa shape index (κ3) is 2.82. The fourth-order valence-corrected chi connectivity index (χ4v) is 1.98. The van der Waals surface area contributed by atoms with E-state index in [0.717, 1.165) is 16.8 Å². The number of nitrogens with zero attached hydrogens (tertiary/aromatic N) is 3. The summed E-state index contributed by atoms with van der Waals surface area (Å²) >= 11 is 0. The summed E-state index contributed by atoms with van der Waals surface area (Å²) in [6, 6.07) is 5.81. The average Bonchev–Trinajstić information content (AvgIpc) is 2.85. The summed E-state index contributed by atoms with van der Waals surface area (Å²) in [5.74, 6) is 0.673. The van der Waals surface area contributed by atoms with E-state index < -0.39 is 0 Å². The van der Waals surface area contributed by atoms with Crippen molar-refractivity contribution in [1.29, 1.82) is 0 Å². The van der Waals surface area contributed by atoms with Crippen LogP contribution in [0.4, 0.5) is 5.69 Å². The molecule has 5 heteroatoms. The van der Waals surface area contributed by atoms with Crippen molar-refractivity contribution < 1.29 is 9.53 Å². The Labute approximate surface area is 118 Å². The first kappa shape index (κ1) is 14.1. The van der Waals surface area contributed by atoms with Crippen LogP contribution in [0.2, 0.25) is 0 Å². The van der Waals surface area contributed by atoms with E-state index in [1.807, 2.05) is 38.4 Å². The van der Waals surface area contributed by atoms with E-state index in [9.17, 15) is 4.79 Å². The van der Waals surface area contributed by atoms with Crippen LogP contribution in [-0.4, -0.2) is 29.3 Å². The second-order valence-corrected chi connectivity index (χ2v) is 4.60. The molecular weight excluding hydrogens is 254 g/mol. The molecule has 1 amide bonds. The predicted molar refractivity (Wildman–Crippen MR) is 78.9 cm³/mol. The minimum Gasteiger partial charge on any atom is -0.492 e. The normalized spacial score (nSPS) is 10.4. The molecule has 0 N–H and O–H groups in total. The molecular formula is C15H19N3O2. The molecule has 0 bridgehead atoms. The molecule has 1 aromatic heterocycles. The lowest BCUT2D eigenvalue weighted by Gasteiger charge is -2.19. The maximum absolute atomic E-state index is 11.6. The zero-order valence-electron chi connectivity index (χ0n) is 12.3. The smallest absolute Gasteiger partial charge is 0.223 e. The van der Waals surface area contributed by atoms with Crippen molar-refractivity contribution in [3.05, 3.63) is 30.6 Å². The van der Waals surface area contributed by atoms with E-state index in [-0.39, 0.29) is 5.91 Å². The zero-order valence-corrected chi connectivity index (χ0v) is 12.3. The molecule has 0 aliphatic heterocycles. The van der Waals surface area contributed by atoms with Gasteiger partial charge < -0.3 is 9.64 Å². The van der Waals surface area contributed by atoms with Crippen molar-refractivity contribution in [1.82, 2.24) is 9.78 Å². The van der Waals surface area contributed by atoms with Crippen molar-refractivity contribution in [2.24, 2.45) is 7.05 Å². The molecule has 2 aromatic rings. The summed E-state index contributed by atoms with van der Waals surface area (Å²) in [5.41, 5.74) is 2.78. The number of rotatable bonds is 4. The van der Waals surface area contributed by atoms with Crippen molar-refractivity contribution in [3.8, 4) is 16.9 Å². The topological polar surface area (TPSA) is 47.4 Å². The molecule has 1 heterocycles. The van der Waals surface area contributed by atoms with E-state index in [1.54, 1.807) is 22.8 Å². The summed E-state index contributed by atoms with van der Waals surface area (Å²) in [6.07, 6.45) is 3.74. The van der Waals surface area contributed by atoms with E-state index >= 15 is 0 Å². The summed E-state index contributed by atoms with van der Waals surface area (Å²) < 4.78 is 7.34. The number of carbonyl (C=O) groups excluding carboxylic acids is 1. The third-order valence-electron chi connectivity index (χ3n) is 3.13. The Bertz CT molecular complexity index is 619. The van der Waals surface area contributed by atoms with Gasteiger partial charge in [0.1, 0.15) is 5.75 Å². The van der Waals surface area contributed by atoms with Crippen molar-refractivity contribution in [2.75, 3.05) is 18.6 Å². The van der Waals surface area contributed by atoms with Gasteiger partial charge in [-0.3, -0.25) is 9.48 Å². The standard InChI is InChI=1S/C15H19N3O2/c1-5-20-15-7-6-12(13-9-16-17(3)10-13)8-14(15)18(4)11(2)19/h6-10H,5H2,1-4H3. The first-order chi connectivity index (χ1) is 9.52. The fourth-order valence-electron chi connectivity index (χ4n) is 1.98. The lowest BCUT2D eigenvalue weighted by Crippen LogP contribution is -2.23. The van der Waals surface area contributed by atoms with Crippen LogP contribution in [0.1, 0.15) is 13.8 Å². The summed E-state index contributed by atoms with van der Waals surface area (Å²) in [5, 5.41) is 4.17. The maximum atomic E-state index is 11.6. The van der Waals surface area contributed by atoms with E-state index in [0.29, 0.717) is 12.4 Å². The molecule has 0 unspecified atom stereocenters. The van der Waals surface area contributed by atoms with Gasteiger partial charge in [-0.2, -0.15) is 5.10 Å². The first-order valence-electron chi connectivity index (χ1n) is 6.53. The van der Waals surface area contributed by atoms with Crippen LogP contribution < -0.4 is 9.64 Å². The average molecular weight is 273 g/mol. The Morgan fingerprint density at radius 2 is 2.15 bits per heavy atom. The zero-order chi connectivity index (χ0) is 14.7. The van der Waals surface area contributed by atoms with Crippen molar-refractivity contribution in [2.45, 2.75) is 13.8 Å². The number of amides is 1. The van der Waals surface area contributed by atoms with Gasteiger partial charge in [0.2, 0.25) is 5.91 Å². The van der Waals surface area contributed by atoms with Crippen LogP contribution >= 0.6 is 0 Å². The Kier molecular flexibility index (Phi) is 4.08. The second-order valence-electron chi connectivity index (χ2n) is 4.60. The Morgan fingerprint density at radius 1 is 1.40 bits per heavy atom. The first-order valence-corrected chi connectivity index (χ1v) is 6.53. The van der Waals surface area contributed by atoms with Crippen LogP contribution in [0, 0.1) is 0 Å². The molecule has 0 aliphatic carbocycles. The highest BCUT2D eigenvalue weighted by molar-refractivity contribution is 5.93. The molecule has 5 nitrogen and oxygen atoms in total. The van der Waals surface area contributed by atoms with Gasteiger partial charge in [-0.25, -0.2) is 0 Å². The highest BCUT2D eigenvalue weighted by atomic mass is 16.5. The van der Waals surface area contributed by atoms with E-state index in [2.05, 4.69) is 5.10 Å². The van der Waals surface area contributed by atoms with Gasteiger partial charge in [-0.1, -0.05) is 6.07 Å². The lowest BCUT2D eigenvalue weighted by molar-refractivity contribution is -0.116. The van der Waals surface area contributed by atoms with E-state index in [1.165, 1.54) is 6.92 Å². The quantitative estimate of drug-likeness (QED) is 0.859. The summed E-state index contributed by atoms with van der Waals surface area (Å²) in [7, 11) is 3.62. The number of aryl methyl sites for hydroxylation is 1. The van der Waals surface area contributed by atoms with Crippen LogP contribution in [0.25, 0.3) is 11.1 Å². The molecule has 0 radical (unpaired) electrons. The van der Waals surface area contributed by atoms with Crippen molar-refractivity contribution >= 4 is 11.6 Å². The number of hydrogen-bond donors (Lipinski definition) is 0. The second kappa shape index (κ2) is 5.77. The summed E-state index contributed by atoms with van der Waals surface area (Å²) in [6.45, 7) is 4.02. The molecule has 20 heavy (non-hydrogen) atoms. The molecule has 0 saturated carbocycles. The summed E-state index contributed by atoms with van der Waals surface area (Å²) in [4.78, 5) is 13.2. The molecule has 106 valence electrons. The Morgan fingerprint density at radius 3 is 2.70 bits per heavy atom. The van der Waals surface area contributed by atoms with Gasteiger partial charge in [0.25, 0.3) is 0 Å². The highest BCUT2D eigenvalue weighted by Gasteiger charge is 2.14. The van der Waals surface area contributed by atoms with Gasteiger partial charge in [0, 0.05) is 32.8 Å². The monoisotopic (exact) mass is 273 g/mol. The molecule has 0 spiro atoms. The molecule has 2 rings (SSSR count). The Balaban J connectivity index is 2.47. The third-order valence-corrected chi connectivity index (χ3v) is 3.13. The molecule has 0 saturated heterocycles. The van der Waals surface area contributed by atoms with Crippen LogP contribution in [0.3, 0.4) is 0 Å². The van der Waals surface area contributed by atoms with Crippen LogP contribution in [0.15, 0.2) is 30.6 Å². The van der Waals surface area contributed by atoms with Gasteiger partial charge >= 0.3 is 0 Å². The highest BCUT2D eigenvalue weighted by Crippen LogP contribution is 2.33. The van der Waals surface area contributed by atoms with Gasteiger partial charge in [-0.15, -0.1) is 0 Å². The largest absolute Gasteiger partial charge is 0.492 e. The number of benzene rings is 1. The number of anilines is 1. The maximum Gasteiger partial charge on any atom is 0.223 e. The molecule has 0 atom stereocenters. The number of hydrogen-bond acceptors (Lipinski definition) is 3. The minimum atomic E-state index is -0.0331. The number of aromatic nitrogens is 2. The van der Waals surface area contributed by atoms with Gasteiger partial charge in [0.05, 0.1) is 18.5 Å². The van der Waals surface area contributed by atoms with Crippen LogP contribution in [0.5, 0.6) is 5.75 Å². The van der Waals surface area contributed by atoms with Gasteiger partial charge in [0.15, 0.2) is 0 Å². The lowest BCUT2D eigenvalue weighted by atomic mass is 10.1. The van der Waals surface area contributed by atoms with Crippen LogP contribution in [-0.2, 0) is 11.8 Å². The minimum absolute atomic E-state index is 0.0331. The molecule has 0 aliphatic rings. The molecule has 0 fully saturated rings. The Hall–Kier alpha value is -2.30. The van der Waals surface area contributed by atoms with Crippen molar-refractivity contribution in [3.63, 3.8) is 0 Å². The fraction of sp³-hybridized carbons (Fsp3) is 0.333. The molecule has 1 aromatic carbocycles. The van der Waals surface area contributed by atoms with E-state index in [4.69, 9.17) is 4.74 Å².